The Morgan fingerprint density at radius 3 is 2.26 bits per heavy atom. The number of benzene rings is 1. The summed E-state index contributed by atoms with van der Waals surface area (Å²) in [6.45, 7) is 6.97. The second kappa shape index (κ2) is 5.15. The van der Waals surface area contributed by atoms with Crippen LogP contribution in [-0.2, 0) is 20.9 Å². The fourth-order valence-electron chi connectivity index (χ4n) is 1.82. The number of carbonyl (C=O) groups is 1. The number of alkyl halides is 2. The Kier molecular flexibility index (Phi) is 4.18. The molecule has 0 aromatic heterocycles. The van der Waals surface area contributed by atoms with E-state index in [1.807, 2.05) is 20.8 Å². The van der Waals surface area contributed by atoms with Gasteiger partial charge in [0.2, 0.25) is 0 Å². The van der Waals surface area contributed by atoms with Gasteiger partial charge in [-0.1, -0.05) is 39.0 Å². The van der Waals surface area contributed by atoms with E-state index in [1.165, 1.54) is 13.0 Å². The van der Waals surface area contributed by atoms with Crippen LogP contribution in [0.5, 0.6) is 0 Å². The fourth-order valence-corrected chi connectivity index (χ4v) is 1.82. The summed E-state index contributed by atoms with van der Waals surface area (Å²) in [5, 5.41) is 0. The first-order valence-electron chi connectivity index (χ1n) is 6.06. The first-order valence-corrected chi connectivity index (χ1v) is 6.06. The molecule has 1 aromatic carbocycles. The van der Waals surface area contributed by atoms with Crippen molar-refractivity contribution < 1.29 is 18.3 Å². The minimum absolute atomic E-state index is 0.0620. The van der Waals surface area contributed by atoms with Gasteiger partial charge in [-0.15, -0.1) is 0 Å². The van der Waals surface area contributed by atoms with E-state index in [1.54, 1.807) is 6.07 Å². The van der Waals surface area contributed by atoms with Gasteiger partial charge in [0.15, 0.2) is 0 Å². The quantitative estimate of drug-likeness (QED) is 0.678. The van der Waals surface area contributed by atoms with Crippen LogP contribution in [0.1, 0.15) is 38.8 Å². The maximum Gasteiger partial charge on any atom is 0.382 e. The summed E-state index contributed by atoms with van der Waals surface area (Å²) >= 11 is 0. The number of hydrogen-bond acceptors (Lipinski definition) is 3. The predicted octanol–water partition coefficient (Wildman–Crippen LogP) is 3.22. The number of carbonyl (C=O) groups excluding carboxylic acids is 1. The summed E-state index contributed by atoms with van der Waals surface area (Å²) in [6.07, 6.45) is 0. The van der Waals surface area contributed by atoms with Crippen molar-refractivity contribution >= 4 is 11.7 Å². The molecule has 0 fully saturated rings. The lowest BCUT2D eigenvalue weighted by molar-refractivity contribution is -0.173. The van der Waals surface area contributed by atoms with E-state index in [0.717, 1.165) is 6.07 Å². The lowest BCUT2D eigenvalue weighted by Gasteiger charge is -2.25. The van der Waals surface area contributed by atoms with Crippen LogP contribution in [0, 0.1) is 0 Å². The average Bonchev–Trinajstić information content (AvgIpc) is 2.27. The average molecular weight is 271 g/mol. The molecular weight excluding hydrogens is 252 g/mol. The third-order valence-corrected chi connectivity index (χ3v) is 2.78. The van der Waals surface area contributed by atoms with E-state index in [4.69, 9.17) is 5.73 Å². The highest BCUT2D eigenvalue weighted by atomic mass is 19.3. The topological polar surface area (TPSA) is 52.3 Å². The predicted molar refractivity (Wildman–Crippen MR) is 70.1 cm³/mol. The summed E-state index contributed by atoms with van der Waals surface area (Å²) in [7, 11) is 0. The van der Waals surface area contributed by atoms with E-state index >= 15 is 0 Å². The van der Waals surface area contributed by atoms with Crippen LogP contribution in [0.3, 0.4) is 0 Å². The molecule has 1 rings (SSSR count). The van der Waals surface area contributed by atoms with E-state index in [-0.39, 0.29) is 17.7 Å². The standard InChI is InChI=1S/C14H19F2NO2/c1-5-19-12(18)14(15,16)10-8-6-7-9(11(10)17)13(2,3)4/h6-8H,5,17H2,1-4H3. The van der Waals surface area contributed by atoms with Gasteiger partial charge >= 0.3 is 11.9 Å². The fraction of sp³-hybridized carbons (Fsp3) is 0.500. The molecule has 0 spiro atoms. The number of esters is 1. The van der Waals surface area contributed by atoms with Crippen molar-refractivity contribution in [3.05, 3.63) is 29.3 Å². The van der Waals surface area contributed by atoms with Gasteiger partial charge in [-0.3, -0.25) is 0 Å². The third kappa shape index (κ3) is 3.03. The van der Waals surface area contributed by atoms with Crippen molar-refractivity contribution in [2.24, 2.45) is 0 Å². The summed E-state index contributed by atoms with van der Waals surface area (Å²) in [6, 6.07) is 4.31. The molecule has 3 nitrogen and oxygen atoms in total. The van der Waals surface area contributed by atoms with Crippen molar-refractivity contribution in [3.63, 3.8) is 0 Å². The lowest BCUT2D eigenvalue weighted by atomic mass is 9.84. The van der Waals surface area contributed by atoms with Gasteiger partial charge in [-0.05, 0) is 17.9 Å². The molecule has 0 amide bonds. The molecule has 0 radical (unpaired) electrons. The molecule has 5 heteroatoms. The van der Waals surface area contributed by atoms with Crippen LogP contribution in [-0.4, -0.2) is 12.6 Å². The molecule has 2 N–H and O–H groups in total. The summed E-state index contributed by atoms with van der Waals surface area (Å²) < 4.78 is 32.4. The molecular formula is C14H19F2NO2. The van der Waals surface area contributed by atoms with Gasteiger partial charge in [-0.2, -0.15) is 8.78 Å². The second-order valence-corrected chi connectivity index (χ2v) is 5.31. The Morgan fingerprint density at radius 1 is 1.26 bits per heavy atom. The minimum Gasteiger partial charge on any atom is -0.461 e. The Bertz CT molecular complexity index is 479. The first kappa shape index (κ1) is 15.4. The molecule has 0 unspecified atom stereocenters. The molecule has 0 bridgehead atoms. The molecule has 0 saturated heterocycles. The number of hydrogen-bond donors (Lipinski definition) is 1. The van der Waals surface area contributed by atoms with E-state index < -0.39 is 17.5 Å². The highest BCUT2D eigenvalue weighted by molar-refractivity contribution is 5.82. The Hall–Kier alpha value is -1.65. The maximum absolute atomic E-state index is 14.0. The van der Waals surface area contributed by atoms with E-state index in [0.29, 0.717) is 5.56 Å². The molecule has 0 aliphatic heterocycles. The van der Waals surface area contributed by atoms with Gasteiger partial charge in [0.25, 0.3) is 0 Å². The molecule has 0 aliphatic rings. The summed E-state index contributed by atoms with van der Waals surface area (Å²) in [4.78, 5) is 11.4. The highest BCUT2D eigenvalue weighted by Gasteiger charge is 2.45. The van der Waals surface area contributed by atoms with Gasteiger partial charge in [0, 0.05) is 5.69 Å². The van der Waals surface area contributed by atoms with Crippen LogP contribution in [0.25, 0.3) is 0 Å². The smallest absolute Gasteiger partial charge is 0.382 e. The molecule has 19 heavy (non-hydrogen) atoms. The molecule has 0 heterocycles. The highest BCUT2D eigenvalue weighted by Crippen LogP contribution is 2.38. The van der Waals surface area contributed by atoms with Crippen molar-refractivity contribution in [3.8, 4) is 0 Å². The first-order chi connectivity index (χ1) is 8.62. The third-order valence-electron chi connectivity index (χ3n) is 2.78. The number of anilines is 1. The van der Waals surface area contributed by atoms with Crippen LogP contribution in [0.4, 0.5) is 14.5 Å². The van der Waals surface area contributed by atoms with Gasteiger partial charge in [-0.25, -0.2) is 4.79 Å². The van der Waals surface area contributed by atoms with Crippen LogP contribution in [0.2, 0.25) is 0 Å². The monoisotopic (exact) mass is 271 g/mol. The van der Waals surface area contributed by atoms with Gasteiger partial charge in [0.05, 0.1) is 12.2 Å². The van der Waals surface area contributed by atoms with Gasteiger partial charge < -0.3 is 10.5 Å². The number of halogens is 2. The molecule has 106 valence electrons. The molecule has 0 atom stereocenters. The number of nitrogens with two attached hydrogens (primary N) is 1. The number of ether oxygens (including phenoxy) is 1. The SMILES string of the molecule is CCOC(=O)C(F)(F)c1cccc(C(C)(C)C)c1N. The summed E-state index contributed by atoms with van der Waals surface area (Å²) in [5.74, 6) is -5.31. The van der Waals surface area contributed by atoms with Crippen LogP contribution in [0.15, 0.2) is 18.2 Å². The van der Waals surface area contributed by atoms with Crippen molar-refractivity contribution in [1.82, 2.24) is 0 Å². The normalized spacial score (nSPS) is 12.3. The van der Waals surface area contributed by atoms with Crippen molar-refractivity contribution in [2.75, 3.05) is 12.3 Å². The lowest BCUT2D eigenvalue weighted by Crippen LogP contribution is -2.30. The zero-order valence-electron chi connectivity index (χ0n) is 11.6. The van der Waals surface area contributed by atoms with E-state index in [9.17, 15) is 13.6 Å². The largest absolute Gasteiger partial charge is 0.461 e. The molecule has 0 saturated carbocycles. The van der Waals surface area contributed by atoms with Crippen molar-refractivity contribution in [1.29, 1.82) is 0 Å². The van der Waals surface area contributed by atoms with Gasteiger partial charge in [0.1, 0.15) is 0 Å². The zero-order chi connectivity index (χ0) is 14.8. The van der Waals surface area contributed by atoms with Crippen molar-refractivity contribution in [2.45, 2.75) is 39.0 Å². The molecule has 1 aromatic rings. The minimum atomic E-state index is -3.73. The molecule has 0 aliphatic carbocycles. The zero-order valence-corrected chi connectivity index (χ0v) is 11.6. The Morgan fingerprint density at radius 2 is 1.79 bits per heavy atom. The maximum atomic E-state index is 14.0. The summed E-state index contributed by atoms with van der Waals surface area (Å²) in [5.41, 5.74) is 5.43. The number of nitrogen functional groups attached to an aromatic ring is 1. The van der Waals surface area contributed by atoms with Crippen LogP contribution >= 0.6 is 0 Å². The number of rotatable bonds is 3. The Labute approximate surface area is 111 Å². The van der Waals surface area contributed by atoms with E-state index in [2.05, 4.69) is 4.74 Å². The Balaban J connectivity index is 3.33. The number of para-hydroxylation sites is 1. The van der Waals surface area contributed by atoms with Crippen LogP contribution < -0.4 is 5.73 Å². The second-order valence-electron chi connectivity index (χ2n) is 5.31.